The van der Waals surface area contributed by atoms with E-state index in [0.717, 1.165) is 29.5 Å². The van der Waals surface area contributed by atoms with Gasteiger partial charge in [0, 0.05) is 11.8 Å². The van der Waals surface area contributed by atoms with Crippen molar-refractivity contribution >= 4 is 27.5 Å². The highest BCUT2D eigenvalue weighted by atomic mass is 32.1. The summed E-state index contributed by atoms with van der Waals surface area (Å²) in [7, 11) is 0. The summed E-state index contributed by atoms with van der Waals surface area (Å²) in [6.45, 7) is 2.62. The predicted octanol–water partition coefficient (Wildman–Crippen LogP) is 6.03. The normalized spacial score (nSPS) is 13.3. The van der Waals surface area contributed by atoms with E-state index in [2.05, 4.69) is 15.3 Å². The number of aliphatic hydroxyl groups is 1. The van der Waals surface area contributed by atoms with Crippen molar-refractivity contribution in [3.63, 3.8) is 0 Å². The summed E-state index contributed by atoms with van der Waals surface area (Å²) in [6, 6.07) is 11.1. The Balaban J connectivity index is 1.77. The van der Waals surface area contributed by atoms with Crippen LogP contribution in [0.25, 0.3) is 21.5 Å². The number of alkyl halides is 3. The van der Waals surface area contributed by atoms with Crippen molar-refractivity contribution in [3.05, 3.63) is 76.7 Å². The van der Waals surface area contributed by atoms with Gasteiger partial charge in [-0.15, -0.1) is 11.3 Å². The first-order valence-electron chi connectivity index (χ1n) is 11.9. The molecule has 4 rings (SSSR count). The zero-order valence-corrected chi connectivity index (χ0v) is 21.4. The fourth-order valence-electron chi connectivity index (χ4n) is 3.97. The van der Waals surface area contributed by atoms with Crippen molar-refractivity contribution in [3.8, 4) is 17.0 Å². The Morgan fingerprint density at radius 3 is 2.50 bits per heavy atom. The van der Waals surface area contributed by atoms with Crippen molar-refractivity contribution in [1.29, 1.82) is 0 Å². The van der Waals surface area contributed by atoms with Crippen molar-refractivity contribution in [2.24, 2.45) is 0 Å². The SMILES string of the molecule is CCCc1cc([C@@](O)(CNC(=O)c2cc3ncccc3s2)C(F)(F)F)nc(-c2ccc(F)cc2)c1OCC. The Bertz CT molecular complexity index is 1410. The summed E-state index contributed by atoms with van der Waals surface area (Å²) in [5.74, 6) is -1.05. The number of rotatable bonds is 9. The average molecular weight is 548 g/mol. The summed E-state index contributed by atoms with van der Waals surface area (Å²) < 4.78 is 63.3. The summed E-state index contributed by atoms with van der Waals surface area (Å²) in [4.78, 5) is 21.2. The molecule has 0 aliphatic carbocycles. The van der Waals surface area contributed by atoms with Gasteiger partial charge < -0.3 is 15.2 Å². The third-order valence-corrected chi connectivity index (χ3v) is 6.97. The van der Waals surface area contributed by atoms with Gasteiger partial charge in [-0.1, -0.05) is 13.3 Å². The molecule has 4 aromatic rings. The monoisotopic (exact) mass is 547 g/mol. The second kappa shape index (κ2) is 11.0. The first-order valence-corrected chi connectivity index (χ1v) is 12.7. The van der Waals surface area contributed by atoms with Gasteiger partial charge >= 0.3 is 6.18 Å². The van der Waals surface area contributed by atoms with Crippen LogP contribution in [-0.4, -0.2) is 40.3 Å². The molecule has 11 heteroatoms. The van der Waals surface area contributed by atoms with Crippen LogP contribution in [0.2, 0.25) is 0 Å². The lowest BCUT2D eigenvalue weighted by molar-refractivity contribution is -0.265. The van der Waals surface area contributed by atoms with Gasteiger partial charge in [-0.05, 0) is 67.4 Å². The summed E-state index contributed by atoms with van der Waals surface area (Å²) in [5, 5.41) is 13.3. The number of thiophene rings is 1. The van der Waals surface area contributed by atoms with Gasteiger partial charge in [-0.25, -0.2) is 9.37 Å². The lowest BCUT2D eigenvalue weighted by atomic mass is 9.93. The van der Waals surface area contributed by atoms with Crippen molar-refractivity contribution < 1.29 is 32.2 Å². The molecule has 2 N–H and O–H groups in total. The molecule has 0 saturated heterocycles. The maximum Gasteiger partial charge on any atom is 0.424 e. The first-order chi connectivity index (χ1) is 18.1. The van der Waals surface area contributed by atoms with E-state index in [1.165, 1.54) is 18.2 Å². The largest absolute Gasteiger partial charge is 0.491 e. The standard InChI is InChI=1S/C27H25F4N3O3S/c1-3-6-17-13-22(34-23(24(17)37-4-2)16-8-10-18(28)11-9-16)26(36,27(29,30)31)15-33-25(35)21-14-19-20(38-21)7-5-12-32-19/h5,7-14,36H,3-4,6,15H2,1-2H3,(H,33,35)/t26-/m0/s1. The van der Waals surface area contributed by atoms with E-state index in [0.29, 0.717) is 34.2 Å². The number of aryl methyl sites for hydroxylation is 1. The number of amides is 1. The zero-order valence-electron chi connectivity index (χ0n) is 20.6. The molecule has 6 nitrogen and oxygen atoms in total. The Hall–Kier alpha value is -3.57. The second-order valence-corrected chi connectivity index (χ2v) is 9.66. The molecule has 0 aliphatic heterocycles. The number of fused-ring (bicyclic) bond motifs is 1. The zero-order chi connectivity index (χ0) is 27.5. The minimum absolute atomic E-state index is 0.0392. The molecular weight excluding hydrogens is 522 g/mol. The number of nitrogens with zero attached hydrogens (tertiary/aromatic N) is 2. The highest BCUT2D eigenvalue weighted by molar-refractivity contribution is 7.20. The van der Waals surface area contributed by atoms with Gasteiger partial charge in [0.1, 0.15) is 17.3 Å². The van der Waals surface area contributed by atoms with Crippen LogP contribution in [0.5, 0.6) is 5.75 Å². The highest BCUT2D eigenvalue weighted by Gasteiger charge is 2.56. The molecule has 0 spiro atoms. The lowest BCUT2D eigenvalue weighted by Gasteiger charge is -2.31. The van der Waals surface area contributed by atoms with E-state index in [4.69, 9.17) is 4.74 Å². The van der Waals surface area contributed by atoms with Crippen molar-refractivity contribution in [2.45, 2.75) is 38.5 Å². The van der Waals surface area contributed by atoms with Crippen LogP contribution in [0.4, 0.5) is 17.6 Å². The van der Waals surface area contributed by atoms with Gasteiger partial charge in [0.15, 0.2) is 0 Å². The van der Waals surface area contributed by atoms with E-state index < -0.39 is 35.7 Å². The number of benzene rings is 1. The molecule has 0 fully saturated rings. The van der Waals surface area contributed by atoms with Crippen molar-refractivity contribution in [1.82, 2.24) is 15.3 Å². The Labute approximate surface area is 220 Å². The number of nitrogens with one attached hydrogen (secondary N) is 1. The van der Waals surface area contributed by atoms with Crippen LogP contribution in [0.1, 0.15) is 41.2 Å². The van der Waals surface area contributed by atoms with Crippen LogP contribution >= 0.6 is 11.3 Å². The van der Waals surface area contributed by atoms with E-state index >= 15 is 0 Å². The Morgan fingerprint density at radius 2 is 1.87 bits per heavy atom. The Kier molecular flexibility index (Phi) is 7.98. The quantitative estimate of drug-likeness (QED) is 0.250. The molecule has 0 saturated carbocycles. The van der Waals surface area contributed by atoms with E-state index in [1.807, 2.05) is 6.92 Å². The van der Waals surface area contributed by atoms with Crippen LogP contribution in [0.3, 0.4) is 0 Å². The number of pyridine rings is 2. The van der Waals surface area contributed by atoms with Gasteiger partial charge in [0.2, 0.25) is 5.60 Å². The minimum Gasteiger partial charge on any atom is -0.491 e. The summed E-state index contributed by atoms with van der Waals surface area (Å²) in [6.07, 6.45) is -2.73. The van der Waals surface area contributed by atoms with E-state index in [-0.39, 0.29) is 22.9 Å². The van der Waals surface area contributed by atoms with Crippen molar-refractivity contribution in [2.75, 3.05) is 13.2 Å². The smallest absolute Gasteiger partial charge is 0.424 e. The summed E-state index contributed by atoms with van der Waals surface area (Å²) >= 11 is 1.08. The lowest BCUT2D eigenvalue weighted by Crippen LogP contribution is -2.51. The van der Waals surface area contributed by atoms with Crippen LogP contribution in [0.15, 0.2) is 54.7 Å². The van der Waals surface area contributed by atoms with Gasteiger partial charge in [-0.3, -0.25) is 9.78 Å². The molecule has 38 heavy (non-hydrogen) atoms. The number of hydrogen-bond donors (Lipinski definition) is 2. The molecular formula is C27H25F4N3O3S. The predicted molar refractivity (Wildman–Crippen MR) is 137 cm³/mol. The number of halogens is 4. The first kappa shape index (κ1) is 27.5. The van der Waals surface area contributed by atoms with Crippen LogP contribution < -0.4 is 10.1 Å². The average Bonchev–Trinajstić information content (AvgIpc) is 3.32. The molecule has 3 heterocycles. The topological polar surface area (TPSA) is 84.3 Å². The highest BCUT2D eigenvalue weighted by Crippen LogP contribution is 2.42. The minimum atomic E-state index is -5.19. The molecule has 1 amide bonds. The molecule has 0 bridgehead atoms. The fraction of sp³-hybridized carbons (Fsp3) is 0.296. The van der Waals surface area contributed by atoms with Crippen LogP contribution in [-0.2, 0) is 12.0 Å². The fourth-order valence-corrected chi connectivity index (χ4v) is 4.91. The number of ether oxygens (including phenoxy) is 1. The number of carbonyl (C=O) groups excluding carboxylic acids is 1. The summed E-state index contributed by atoms with van der Waals surface area (Å²) in [5.41, 5.74) is -2.91. The van der Waals surface area contributed by atoms with E-state index in [1.54, 1.807) is 25.3 Å². The van der Waals surface area contributed by atoms with Gasteiger partial charge in [0.25, 0.3) is 5.91 Å². The van der Waals surface area contributed by atoms with Crippen LogP contribution in [0, 0.1) is 5.82 Å². The molecule has 3 aromatic heterocycles. The number of hydrogen-bond acceptors (Lipinski definition) is 6. The molecule has 0 aliphatic rings. The van der Waals surface area contributed by atoms with Gasteiger partial charge in [0.05, 0.1) is 33.9 Å². The third kappa shape index (κ3) is 5.48. The van der Waals surface area contributed by atoms with Gasteiger partial charge in [-0.2, -0.15) is 13.2 Å². The molecule has 1 atom stereocenters. The third-order valence-electron chi connectivity index (χ3n) is 5.88. The maximum atomic E-state index is 14.4. The molecule has 200 valence electrons. The van der Waals surface area contributed by atoms with E-state index in [9.17, 15) is 27.5 Å². The maximum absolute atomic E-state index is 14.4. The molecule has 1 aromatic carbocycles. The molecule has 0 unspecified atom stereocenters. The molecule has 0 radical (unpaired) electrons. The number of carbonyl (C=O) groups is 1. The second-order valence-electron chi connectivity index (χ2n) is 8.57. The number of aromatic nitrogens is 2. The Morgan fingerprint density at radius 1 is 1.13 bits per heavy atom.